The van der Waals surface area contributed by atoms with Gasteiger partial charge in [0, 0.05) is 32.1 Å². The standard InChI is InChI=1S/C14H27N3O4S/c1-2-9-22(20,21)11-14(19)17-8-4-3-5-12(17)10-16-13(18)6-7-15/h12H,2-11,15H2,1H3,(H,16,18). The van der Waals surface area contributed by atoms with Crippen LogP contribution in [-0.4, -0.2) is 62.3 Å². The van der Waals surface area contributed by atoms with Crippen molar-refractivity contribution < 1.29 is 18.0 Å². The number of carbonyl (C=O) groups excluding carboxylic acids is 2. The van der Waals surface area contributed by atoms with E-state index in [1.807, 2.05) is 0 Å². The van der Waals surface area contributed by atoms with E-state index in [9.17, 15) is 18.0 Å². The summed E-state index contributed by atoms with van der Waals surface area (Å²) in [6.45, 7) is 2.98. The van der Waals surface area contributed by atoms with Gasteiger partial charge in [-0.3, -0.25) is 9.59 Å². The van der Waals surface area contributed by atoms with E-state index < -0.39 is 15.6 Å². The van der Waals surface area contributed by atoms with Crippen molar-refractivity contribution in [2.75, 3.05) is 31.1 Å². The number of amides is 2. The molecule has 0 bridgehead atoms. The minimum atomic E-state index is -3.34. The summed E-state index contributed by atoms with van der Waals surface area (Å²) in [6, 6.07) is -0.125. The third kappa shape index (κ3) is 6.31. The van der Waals surface area contributed by atoms with Crippen molar-refractivity contribution >= 4 is 21.7 Å². The average molecular weight is 333 g/mol. The van der Waals surface area contributed by atoms with E-state index >= 15 is 0 Å². The van der Waals surface area contributed by atoms with Crippen molar-refractivity contribution in [3.05, 3.63) is 0 Å². The van der Waals surface area contributed by atoms with Crippen LogP contribution in [0.1, 0.15) is 39.0 Å². The maximum Gasteiger partial charge on any atom is 0.238 e. The zero-order valence-corrected chi connectivity index (χ0v) is 14.0. The quantitative estimate of drug-likeness (QED) is 0.631. The molecule has 1 fully saturated rings. The molecule has 0 saturated carbocycles. The molecule has 0 aromatic carbocycles. The first kappa shape index (κ1) is 18.9. The Hall–Kier alpha value is -1.15. The van der Waals surface area contributed by atoms with Crippen LogP contribution >= 0.6 is 0 Å². The molecule has 1 saturated heterocycles. The van der Waals surface area contributed by atoms with Crippen LogP contribution in [0, 0.1) is 0 Å². The summed E-state index contributed by atoms with van der Waals surface area (Å²) in [7, 11) is -3.34. The Kier molecular flexibility index (Phi) is 7.81. The number of nitrogens with two attached hydrogens (primary N) is 1. The predicted octanol–water partition coefficient (Wildman–Crippen LogP) is -0.343. The number of sulfone groups is 1. The van der Waals surface area contributed by atoms with Gasteiger partial charge < -0.3 is 16.0 Å². The van der Waals surface area contributed by atoms with E-state index in [1.54, 1.807) is 11.8 Å². The first-order chi connectivity index (χ1) is 10.4. The second-order valence-corrected chi connectivity index (χ2v) is 7.86. The molecular formula is C14H27N3O4S. The molecule has 1 aliphatic heterocycles. The molecule has 8 heteroatoms. The van der Waals surface area contributed by atoms with E-state index in [0.29, 0.717) is 19.5 Å². The number of piperidine rings is 1. The van der Waals surface area contributed by atoms with Crippen LogP contribution in [0.5, 0.6) is 0 Å². The van der Waals surface area contributed by atoms with Gasteiger partial charge in [-0.15, -0.1) is 0 Å². The molecule has 1 heterocycles. The van der Waals surface area contributed by atoms with Crippen LogP contribution in [0.4, 0.5) is 0 Å². The molecule has 1 unspecified atom stereocenters. The number of hydrogen-bond donors (Lipinski definition) is 2. The number of carbonyl (C=O) groups is 2. The Morgan fingerprint density at radius 3 is 2.68 bits per heavy atom. The first-order valence-electron chi connectivity index (χ1n) is 7.86. The van der Waals surface area contributed by atoms with Crippen LogP contribution in [0.2, 0.25) is 0 Å². The number of rotatable bonds is 8. The lowest BCUT2D eigenvalue weighted by molar-refractivity contribution is -0.132. The second-order valence-electron chi connectivity index (χ2n) is 5.67. The van der Waals surface area contributed by atoms with Crippen molar-refractivity contribution in [2.24, 2.45) is 5.73 Å². The molecule has 22 heavy (non-hydrogen) atoms. The zero-order valence-electron chi connectivity index (χ0n) is 13.2. The third-order valence-corrected chi connectivity index (χ3v) is 5.43. The maximum absolute atomic E-state index is 12.3. The van der Waals surface area contributed by atoms with Crippen LogP contribution in [0.15, 0.2) is 0 Å². The number of likely N-dealkylation sites (tertiary alicyclic amines) is 1. The van der Waals surface area contributed by atoms with Crippen molar-refractivity contribution in [1.29, 1.82) is 0 Å². The van der Waals surface area contributed by atoms with E-state index in [4.69, 9.17) is 5.73 Å². The van der Waals surface area contributed by atoms with Gasteiger partial charge in [-0.25, -0.2) is 8.42 Å². The van der Waals surface area contributed by atoms with Gasteiger partial charge in [-0.05, 0) is 25.7 Å². The topological polar surface area (TPSA) is 110 Å². The zero-order chi connectivity index (χ0) is 16.6. The fourth-order valence-electron chi connectivity index (χ4n) is 2.65. The molecule has 1 aliphatic rings. The van der Waals surface area contributed by atoms with Crippen molar-refractivity contribution in [3.63, 3.8) is 0 Å². The van der Waals surface area contributed by atoms with Crippen molar-refractivity contribution in [2.45, 2.75) is 45.1 Å². The monoisotopic (exact) mass is 333 g/mol. The Morgan fingerprint density at radius 1 is 1.32 bits per heavy atom. The van der Waals surface area contributed by atoms with Crippen LogP contribution in [-0.2, 0) is 19.4 Å². The predicted molar refractivity (Wildman–Crippen MR) is 85.0 cm³/mol. The van der Waals surface area contributed by atoms with Crippen LogP contribution in [0.3, 0.4) is 0 Å². The highest BCUT2D eigenvalue weighted by molar-refractivity contribution is 7.92. The van der Waals surface area contributed by atoms with Crippen LogP contribution in [0.25, 0.3) is 0 Å². The summed E-state index contributed by atoms with van der Waals surface area (Å²) in [6.07, 6.45) is 3.39. The summed E-state index contributed by atoms with van der Waals surface area (Å²) in [5, 5.41) is 2.76. The SMILES string of the molecule is CCCS(=O)(=O)CC(=O)N1CCCCC1CNC(=O)CCN. The minimum Gasteiger partial charge on any atom is -0.354 e. The second kappa shape index (κ2) is 9.09. The molecule has 0 radical (unpaired) electrons. The summed E-state index contributed by atoms with van der Waals surface area (Å²) >= 11 is 0. The van der Waals surface area contributed by atoms with Gasteiger partial charge in [0.25, 0.3) is 0 Å². The summed E-state index contributed by atoms with van der Waals surface area (Å²) in [5.74, 6) is -0.899. The van der Waals surface area contributed by atoms with Gasteiger partial charge in [0.15, 0.2) is 9.84 Å². The van der Waals surface area contributed by atoms with E-state index in [1.165, 1.54) is 0 Å². The number of nitrogens with zero attached hydrogens (tertiary/aromatic N) is 1. The van der Waals surface area contributed by atoms with E-state index in [2.05, 4.69) is 5.32 Å². The summed E-state index contributed by atoms with van der Waals surface area (Å²) in [5.41, 5.74) is 5.32. The highest BCUT2D eigenvalue weighted by atomic mass is 32.2. The summed E-state index contributed by atoms with van der Waals surface area (Å²) < 4.78 is 23.6. The normalized spacial score (nSPS) is 19.0. The molecule has 0 spiro atoms. The molecule has 0 aliphatic carbocycles. The lowest BCUT2D eigenvalue weighted by Crippen LogP contribution is -2.51. The average Bonchev–Trinajstić information content (AvgIpc) is 2.45. The molecule has 1 rings (SSSR count). The van der Waals surface area contributed by atoms with Gasteiger partial charge in [0.1, 0.15) is 5.75 Å². The van der Waals surface area contributed by atoms with Crippen molar-refractivity contribution in [3.8, 4) is 0 Å². The molecule has 1 atom stereocenters. The Bertz CT molecular complexity index is 478. The molecule has 128 valence electrons. The highest BCUT2D eigenvalue weighted by Gasteiger charge is 2.29. The molecule has 0 aromatic rings. The first-order valence-corrected chi connectivity index (χ1v) is 9.68. The van der Waals surface area contributed by atoms with Crippen LogP contribution < -0.4 is 11.1 Å². The summed E-state index contributed by atoms with van der Waals surface area (Å²) in [4.78, 5) is 25.4. The fourth-order valence-corrected chi connectivity index (χ4v) is 3.95. The Labute approximate surface area is 132 Å². The molecular weight excluding hydrogens is 306 g/mol. The highest BCUT2D eigenvalue weighted by Crippen LogP contribution is 2.17. The van der Waals surface area contributed by atoms with Gasteiger partial charge in [0.2, 0.25) is 11.8 Å². The Morgan fingerprint density at radius 2 is 2.05 bits per heavy atom. The minimum absolute atomic E-state index is 0.0322. The Balaban J connectivity index is 2.60. The smallest absolute Gasteiger partial charge is 0.238 e. The van der Waals surface area contributed by atoms with Gasteiger partial charge in [-0.2, -0.15) is 0 Å². The molecule has 7 nitrogen and oxygen atoms in total. The van der Waals surface area contributed by atoms with Gasteiger partial charge in [-0.1, -0.05) is 6.92 Å². The van der Waals surface area contributed by atoms with E-state index in [-0.39, 0.29) is 36.6 Å². The lowest BCUT2D eigenvalue weighted by Gasteiger charge is -2.36. The van der Waals surface area contributed by atoms with Gasteiger partial charge >= 0.3 is 0 Å². The maximum atomic E-state index is 12.3. The number of nitrogens with one attached hydrogen (secondary N) is 1. The number of hydrogen-bond acceptors (Lipinski definition) is 5. The molecule has 3 N–H and O–H groups in total. The van der Waals surface area contributed by atoms with Gasteiger partial charge in [0.05, 0.1) is 5.75 Å². The van der Waals surface area contributed by atoms with Crippen molar-refractivity contribution in [1.82, 2.24) is 10.2 Å². The third-order valence-electron chi connectivity index (χ3n) is 3.71. The molecule has 2 amide bonds. The molecule has 0 aromatic heterocycles. The fraction of sp³-hybridized carbons (Fsp3) is 0.857. The van der Waals surface area contributed by atoms with E-state index in [0.717, 1.165) is 19.3 Å². The largest absolute Gasteiger partial charge is 0.354 e. The lowest BCUT2D eigenvalue weighted by atomic mass is 10.0.